The molecule has 128 valence electrons. The number of ether oxygens (including phenoxy) is 1. The molecular formula is C21H23N3O. The maximum atomic E-state index is 5.26. The molecule has 25 heavy (non-hydrogen) atoms. The third kappa shape index (κ3) is 4.29. The number of guanidine groups is 1. The lowest BCUT2D eigenvalue weighted by atomic mass is 10.0. The van der Waals surface area contributed by atoms with Crippen molar-refractivity contribution < 1.29 is 4.74 Å². The van der Waals surface area contributed by atoms with E-state index in [4.69, 9.17) is 4.74 Å². The van der Waals surface area contributed by atoms with Gasteiger partial charge in [-0.05, 0) is 34.0 Å². The van der Waals surface area contributed by atoms with E-state index in [0.717, 1.165) is 23.8 Å². The number of hydrogen-bond acceptors (Lipinski definition) is 2. The van der Waals surface area contributed by atoms with E-state index in [9.17, 15) is 0 Å². The normalized spacial score (nSPS) is 11.4. The van der Waals surface area contributed by atoms with Crippen LogP contribution in [0.4, 0.5) is 0 Å². The van der Waals surface area contributed by atoms with Crippen molar-refractivity contribution >= 4 is 16.7 Å². The maximum Gasteiger partial charge on any atom is 0.191 e. The van der Waals surface area contributed by atoms with Crippen LogP contribution in [-0.2, 0) is 13.1 Å². The predicted molar refractivity (Wildman–Crippen MR) is 104 cm³/mol. The van der Waals surface area contributed by atoms with Gasteiger partial charge in [0.2, 0.25) is 0 Å². The highest BCUT2D eigenvalue weighted by atomic mass is 16.5. The predicted octanol–water partition coefficient (Wildman–Crippen LogP) is 3.71. The van der Waals surface area contributed by atoms with Gasteiger partial charge in [0.05, 0.1) is 7.11 Å². The lowest BCUT2D eigenvalue weighted by Gasteiger charge is -2.13. The number of nitrogens with zero attached hydrogens (tertiary/aromatic N) is 1. The van der Waals surface area contributed by atoms with Gasteiger partial charge >= 0.3 is 0 Å². The topological polar surface area (TPSA) is 45.7 Å². The summed E-state index contributed by atoms with van der Waals surface area (Å²) in [6.07, 6.45) is 0. The zero-order valence-electron chi connectivity index (χ0n) is 14.6. The number of methoxy groups -OCH3 is 1. The number of hydrogen-bond donors (Lipinski definition) is 2. The highest BCUT2D eigenvalue weighted by Gasteiger charge is 2.03. The second-order valence-electron chi connectivity index (χ2n) is 5.77. The fourth-order valence-corrected chi connectivity index (χ4v) is 2.81. The first-order valence-corrected chi connectivity index (χ1v) is 8.34. The van der Waals surface area contributed by atoms with Gasteiger partial charge in [-0.1, -0.05) is 54.6 Å². The standard InChI is InChI=1S/C21H23N3O/c1-22-21(23-14-16-7-5-11-19(13-16)25-2)24-15-18-10-6-9-17-8-3-4-12-20(17)18/h3-13H,14-15H2,1-2H3,(H2,22,23,24). The molecule has 0 atom stereocenters. The summed E-state index contributed by atoms with van der Waals surface area (Å²) in [5.41, 5.74) is 2.40. The smallest absolute Gasteiger partial charge is 0.191 e. The van der Waals surface area contributed by atoms with Crippen molar-refractivity contribution in [3.05, 3.63) is 77.9 Å². The van der Waals surface area contributed by atoms with Crippen LogP contribution in [-0.4, -0.2) is 20.1 Å². The summed E-state index contributed by atoms with van der Waals surface area (Å²) in [6, 6.07) is 22.8. The molecule has 0 aliphatic heterocycles. The molecule has 4 heteroatoms. The molecule has 4 nitrogen and oxygen atoms in total. The highest BCUT2D eigenvalue weighted by molar-refractivity contribution is 5.86. The minimum Gasteiger partial charge on any atom is -0.497 e. The van der Waals surface area contributed by atoms with Crippen LogP contribution in [0.1, 0.15) is 11.1 Å². The van der Waals surface area contributed by atoms with Crippen LogP contribution >= 0.6 is 0 Å². The summed E-state index contributed by atoms with van der Waals surface area (Å²) < 4.78 is 5.26. The fraction of sp³-hybridized carbons (Fsp3) is 0.190. The van der Waals surface area contributed by atoms with Gasteiger partial charge in [0.15, 0.2) is 5.96 Å². The molecule has 0 saturated carbocycles. The summed E-state index contributed by atoms with van der Waals surface area (Å²) in [7, 11) is 3.46. The monoisotopic (exact) mass is 333 g/mol. The van der Waals surface area contributed by atoms with E-state index in [2.05, 4.69) is 64.2 Å². The molecule has 0 spiro atoms. The van der Waals surface area contributed by atoms with Crippen molar-refractivity contribution in [1.82, 2.24) is 10.6 Å². The molecule has 0 fully saturated rings. The molecule has 0 unspecified atom stereocenters. The summed E-state index contributed by atoms with van der Waals surface area (Å²) in [5.74, 6) is 1.63. The summed E-state index contributed by atoms with van der Waals surface area (Å²) in [4.78, 5) is 4.30. The number of aliphatic imine (C=N–C) groups is 1. The Kier molecular flexibility index (Phi) is 5.52. The summed E-state index contributed by atoms with van der Waals surface area (Å²) >= 11 is 0. The number of benzene rings is 3. The van der Waals surface area contributed by atoms with Crippen LogP contribution in [0.3, 0.4) is 0 Å². The zero-order chi connectivity index (χ0) is 17.5. The van der Waals surface area contributed by atoms with Crippen molar-refractivity contribution in [3.8, 4) is 5.75 Å². The Morgan fingerprint density at radius 3 is 2.52 bits per heavy atom. The van der Waals surface area contributed by atoms with Crippen LogP contribution in [0.25, 0.3) is 10.8 Å². The Morgan fingerprint density at radius 2 is 1.68 bits per heavy atom. The minimum atomic E-state index is 0.687. The van der Waals surface area contributed by atoms with Gasteiger partial charge in [0.1, 0.15) is 5.75 Å². The van der Waals surface area contributed by atoms with Gasteiger partial charge in [-0.25, -0.2) is 0 Å². The van der Waals surface area contributed by atoms with E-state index in [1.165, 1.54) is 16.3 Å². The molecule has 0 amide bonds. The third-order valence-electron chi connectivity index (χ3n) is 4.14. The first-order chi connectivity index (χ1) is 12.3. The van der Waals surface area contributed by atoms with E-state index < -0.39 is 0 Å². The fourth-order valence-electron chi connectivity index (χ4n) is 2.81. The zero-order valence-corrected chi connectivity index (χ0v) is 14.6. The second kappa shape index (κ2) is 8.20. The van der Waals surface area contributed by atoms with Crippen molar-refractivity contribution in [2.24, 2.45) is 4.99 Å². The van der Waals surface area contributed by atoms with Crippen molar-refractivity contribution in [1.29, 1.82) is 0 Å². The van der Waals surface area contributed by atoms with E-state index in [1.54, 1.807) is 14.2 Å². The first kappa shape index (κ1) is 16.8. The van der Waals surface area contributed by atoms with Crippen LogP contribution in [0, 0.1) is 0 Å². The molecule has 0 aliphatic rings. The van der Waals surface area contributed by atoms with Crippen LogP contribution < -0.4 is 15.4 Å². The van der Waals surface area contributed by atoms with E-state index >= 15 is 0 Å². The van der Waals surface area contributed by atoms with E-state index in [-0.39, 0.29) is 0 Å². The Labute approximate surface area is 148 Å². The Bertz CT molecular complexity index is 868. The van der Waals surface area contributed by atoms with Gasteiger partial charge in [-0.15, -0.1) is 0 Å². The number of fused-ring (bicyclic) bond motifs is 1. The lowest BCUT2D eigenvalue weighted by molar-refractivity contribution is 0.414. The lowest BCUT2D eigenvalue weighted by Crippen LogP contribution is -2.36. The SMILES string of the molecule is CN=C(NCc1cccc(OC)c1)NCc1cccc2ccccc12. The Morgan fingerprint density at radius 1 is 0.920 bits per heavy atom. The van der Waals surface area contributed by atoms with Crippen molar-refractivity contribution in [3.63, 3.8) is 0 Å². The van der Waals surface area contributed by atoms with Gasteiger partial charge in [0.25, 0.3) is 0 Å². The average Bonchev–Trinajstić information content (AvgIpc) is 2.68. The first-order valence-electron chi connectivity index (χ1n) is 8.34. The Balaban J connectivity index is 1.62. The van der Waals surface area contributed by atoms with E-state index in [1.807, 2.05) is 18.2 Å². The van der Waals surface area contributed by atoms with Crippen LogP contribution in [0.2, 0.25) is 0 Å². The molecule has 0 bridgehead atoms. The molecule has 0 saturated heterocycles. The van der Waals surface area contributed by atoms with Gasteiger partial charge in [-0.3, -0.25) is 4.99 Å². The molecule has 0 aliphatic carbocycles. The van der Waals surface area contributed by atoms with Crippen LogP contribution in [0.15, 0.2) is 71.7 Å². The third-order valence-corrected chi connectivity index (χ3v) is 4.14. The van der Waals surface area contributed by atoms with Crippen molar-refractivity contribution in [2.75, 3.05) is 14.2 Å². The number of rotatable bonds is 5. The quantitative estimate of drug-likeness (QED) is 0.553. The summed E-state index contributed by atoms with van der Waals surface area (Å²) in [6.45, 7) is 1.41. The highest BCUT2D eigenvalue weighted by Crippen LogP contribution is 2.18. The van der Waals surface area contributed by atoms with E-state index in [0.29, 0.717) is 6.54 Å². The molecule has 3 aromatic carbocycles. The molecule has 3 aromatic rings. The summed E-state index contributed by atoms with van der Waals surface area (Å²) in [5, 5.41) is 9.24. The second-order valence-corrected chi connectivity index (χ2v) is 5.77. The molecule has 0 heterocycles. The molecule has 0 radical (unpaired) electrons. The maximum absolute atomic E-state index is 5.26. The van der Waals surface area contributed by atoms with Gasteiger partial charge in [0, 0.05) is 20.1 Å². The molecule has 3 rings (SSSR count). The van der Waals surface area contributed by atoms with Crippen LogP contribution in [0.5, 0.6) is 5.75 Å². The molecule has 0 aromatic heterocycles. The largest absolute Gasteiger partial charge is 0.497 e. The molecular weight excluding hydrogens is 310 g/mol. The molecule has 2 N–H and O–H groups in total. The Hall–Kier alpha value is -3.01. The van der Waals surface area contributed by atoms with Crippen molar-refractivity contribution in [2.45, 2.75) is 13.1 Å². The van der Waals surface area contributed by atoms with Gasteiger partial charge in [-0.2, -0.15) is 0 Å². The van der Waals surface area contributed by atoms with Gasteiger partial charge < -0.3 is 15.4 Å². The average molecular weight is 333 g/mol. The number of nitrogens with one attached hydrogen (secondary N) is 2. The minimum absolute atomic E-state index is 0.687.